The second kappa shape index (κ2) is 4.22. The molecule has 6 heteroatoms. The Hall–Kier alpha value is -0.810. The zero-order valence-electron chi connectivity index (χ0n) is 8.19. The number of nitrogens with zero attached hydrogens (tertiary/aromatic N) is 1. The Balaban J connectivity index is 2.41. The topological polar surface area (TPSA) is 59.3 Å². The molecule has 16 heavy (non-hydrogen) atoms. The Kier molecular flexibility index (Phi) is 3.08. The number of carboxylic acid groups (broad SMARTS) is 1. The van der Waals surface area contributed by atoms with Crippen LogP contribution in [0.5, 0.6) is 0 Å². The number of carbonyl (C=O) groups is 1. The van der Waals surface area contributed by atoms with Crippen LogP contribution < -0.4 is 5.56 Å². The highest BCUT2D eigenvalue weighted by atomic mass is 79.9. The summed E-state index contributed by atoms with van der Waals surface area (Å²) in [6.45, 7) is 0. The second-order valence-corrected chi connectivity index (χ2v) is 5.10. The van der Waals surface area contributed by atoms with Gasteiger partial charge in [0.2, 0.25) is 0 Å². The number of aromatic nitrogens is 1. The van der Waals surface area contributed by atoms with Crippen molar-refractivity contribution in [2.24, 2.45) is 5.92 Å². The van der Waals surface area contributed by atoms with Crippen molar-refractivity contribution >= 4 is 33.5 Å². The smallest absolute Gasteiger partial charge is 0.308 e. The third-order valence-corrected chi connectivity index (χ3v) is 3.65. The van der Waals surface area contributed by atoms with Gasteiger partial charge in [-0.3, -0.25) is 9.59 Å². The highest BCUT2D eigenvalue weighted by Crippen LogP contribution is 2.38. The fourth-order valence-electron chi connectivity index (χ4n) is 1.88. The summed E-state index contributed by atoms with van der Waals surface area (Å²) in [5.41, 5.74) is -0.236. The van der Waals surface area contributed by atoms with E-state index in [0.29, 0.717) is 22.3 Å². The molecule has 4 nitrogen and oxygen atoms in total. The molecule has 0 saturated heterocycles. The minimum atomic E-state index is -0.862. The molecule has 2 rings (SSSR count). The first-order chi connectivity index (χ1) is 7.50. The lowest BCUT2D eigenvalue weighted by molar-refractivity contribution is -0.147. The number of rotatable bonds is 2. The van der Waals surface area contributed by atoms with Gasteiger partial charge < -0.3 is 9.67 Å². The van der Waals surface area contributed by atoms with Gasteiger partial charge in [0.15, 0.2) is 0 Å². The van der Waals surface area contributed by atoms with Gasteiger partial charge in [0.1, 0.15) is 0 Å². The molecule has 1 saturated carbocycles. The molecule has 1 aromatic rings. The van der Waals surface area contributed by atoms with Gasteiger partial charge in [-0.2, -0.15) is 0 Å². The number of pyridine rings is 1. The van der Waals surface area contributed by atoms with Gasteiger partial charge in [-0.25, -0.2) is 0 Å². The highest BCUT2D eigenvalue weighted by Gasteiger charge is 2.38. The molecule has 1 N–H and O–H groups in total. The average molecular weight is 307 g/mol. The lowest BCUT2D eigenvalue weighted by Crippen LogP contribution is -2.39. The Bertz CT molecular complexity index is 499. The summed E-state index contributed by atoms with van der Waals surface area (Å²) in [6.07, 6.45) is 2.80. The lowest BCUT2D eigenvalue weighted by Gasteiger charge is -2.34. The van der Waals surface area contributed by atoms with Crippen LogP contribution in [0.25, 0.3) is 0 Å². The number of halogens is 2. The van der Waals surface area contributed by atoms with Crippen molar-refractivity contribution in [3.8, 4) is 0 Å². The zero-order valence-corrected chi connectivity index (χ0v) is 10.5. The van der Waals surface area contributed by atoms with Gasteiger partial charge in [-0.15, -0.1) is 0 Å². The minimum Gasteiger partial charge on any atom is -0.481 e. The summed E-state index contributed by atoms with van der Waals surface area (Å²) in [5, 5.41) is 9.35. The molecule has 1 fully saturated rings. The summed E-state index contributed by atoms with van der Waals surface area (Å²) in [4.78, 5) is 22.7. The standard InChI is InChI=1S/C10H9BrClNO3/c11-7-3-5(12)4-13(9(7)14)8-2-1-6(8)10(15)16/h3-4,6,8H,1-2H2,(H,15,16). The molecule has 0 spiro atoms. The van der Waals surface area contributed by atoms with Crippen molar-refractivity contribution in [2.75, 3.05) is 0 Å². The van der Waals surface area contributed by atoms with Crippen LogP contribution in [0.1, 0.15) is 18.9 Å². The second-order valence-electron chi connectivity index (χ2n) is 3.81. The number of hydrogen-bond acceptors (Lipinski definition) is 2. The monoisotopic (exact) mass is 305 g/mol. The summed E-state index contributed by atoms with van der Waals surface area (Å²) in [7, 11) is 0. The Morgan fingerprint density at radius 2 is 2.25 bits per heavy atom. The summed E-state index contributed by atoms with van der Waals surface area (Å²) >= 11 is 8.95. The molecule has 0 bridgehead atoms. The lowest BCUT2D eigenvalue weighted by atomic mass is 9.79. The van der Waals surface area contributed by atoms with E-state index in [-0.39, 0.29) is 11.6 Å². The maximum Gasteiger partial charge on any atom is 0.308 e. The fourth-order valence-corrected chi connectivity index (χ4v) is 2.68. The van der Waals surface area contributed by atoms with Crippen LogP contribution >= 0.6 is 27.5 Å². The van der Waals surface area contributed by atoms with Gasteiger partial charge >= 0.3 is 5.97 Å². The van der Waals surface area contributed by atoms with E-state index < -0.39 is 11.9 Å². The van der Waals surface area contributed by atoms with Gasteiger partial charge in [0.05, 0.1) is 21.5 Å². The fraction of sp³-hybridized carbons (Fsp3) is 0.400. The van der Waals surface area contributed by atoms with Crippen molar-refractivity contribution < 1.29 is 9.90 Å². The van der Waals surface area contributed by atoms with Crippen molar-refractivity contribution in [1.82, 2.24) is 4.57 Å². The van der Waals surface area contributed by atoms with Gasteiger partial charge in [0.25, 0.3) is 5.56 Å². The predicted octanol–water partition coefficient (Wildman–Crippen LogP) is 2.30. The molecular weight excluding hydrogens is 297 g/mol. The molecule has 0 amide bonds. The van der Waals surface area contributed by atoms with E-state index in [1.54, 1.807) is 0 Å². The van der Waals surface area contributed by atoms with Crippen LogP contribution in [0.15, 0.2) is 21.5 Å². The van der Waals surface area contributed by atoms with Crippen molar-refractivity contribution in [3.63, 3.8) is 0 Å². The minimum absolute atomic E-state index is 0.236. The molecule has 1 aromatic heterocycles. The SMILES string of the molecule is O=C(O)C1CCC1n1cc(Cl)cc(Br)c1=O. The van der Waals surface area contributed by atoms with Crippen LogP contribution in [0.3, 0.4) is 0 Å². The number of aliphatic carboxylic acids is 1. The molecule has 0 radical (unpaired) electrons. The molecule has 1 heterocycles. The number of hydrogen-bond donors (Lipinski definition) is 1. The van der Waals surface area contributed by atoms with Gasteiger partial charge in [-0.05, 0) is 34.8 Å². The Labute approximate surface area is 105 Å². The van der Waals surface area contributed by atoms with E-state index in [9.17, 15) is 9.59 Å². The Morgan fingerprint density at radius 1 is 1.56 bits per heavy atom. The third kappa shape index (κ3) is 1.89. The first-order valence-corrected chi connectivity index (χ1v) is 5.98. The van der Waals surface area contributed by atoms with E-state index in [2.05, 4.69) is 15.9 Å². The Morgan fingerprint density at radius 3 is 2.75 bits per heavy atom. The van der Waals surface area contributed by atoms with E-state index in [1.165, 1.54) is 16.8 Å². The predicted molar refractivity (Wildman–Crippen MR) is 62.8 cm³/mol. The molecule has 0 aliphatic heterocycles. The van der Waals surface area contributed by atoms with Gasteiger partial charge in [0, 0.05) is 6.20 Å². The van der Waals surface area contributed by atoms with Crippen LogP contribution in [-0.2, 0) is 4.79 Å². The molecule has 1 aliphatic carbocycles. The van der Waals surface area contributed by atoms with E-state index in [4.69, 9.17) is 16.7 Å². The van der Waals surface area contributed by atoms with Gasteiger partial charge in [-0.1, -0.05) is 11.6 Å². The van der Waals surface area contributed by atoms with Crippen LogP contribution in [0.4, 0.5) is 0 Å². The molecule has 2 unspecified atom stereocenters. The first kappa shape index (κ1) is 11.7. The summed E-state index contributed by atoms with van der Waals surface area (Å²) in [5.74, 6) is -1.35. The molecule has 2 atom stereocenters. The maximum atomic E-state index is 11.8. The van der Waals surface area contributed by atoms with Crippen molar-refractivity contribution in [3.05, 3.63) is 32.1 Å². The average Bonchev–Trinajstić information content (AvgIpc) is 2.10. The van der Waals surface area contributed by atoms with Crippen molar-refractivity contribution in [1.29, 1.82) is 0 Å². The van der Waals surface area contributed by atoms with E-state index in [1.807, 2.05) is 0 Å². The third-order valence-electron chi connectivity index (χ3n) is 2.88. The van der Waals surface area contributed by atoms with E-state index >= 15 is 0 Å². The zero-order chi connectivity index (χ0) is 11.9. The molecule has 86 valence electrons. The normalized spacial score (nSPS) is 23.9. The first-order valence-electron chi connectivity index (χ1n) is 4.80. The maximum absolute atomic E-state index is 11.8. The van der Waals surface area contributed by atoms with Crippen LogP contribution in [-0.4, -0.2) is 15.6 Å². The molecule has 0 aromatic carbocycles. The molecule has 1 aliphatic rings. The summed E-state index contributed by atoms with van der Waals surface area (Å²) < 4.78 is 1.77. The van der Waals surface area contributed by atoms with Crippen molar-refractivity contribution in [2.45, 2.75) is 18.9 Å². The van der Waals surface area contributed by atoms with Crippen LogP contribution in [0, 0.1) is 5.92 Å². The number of carboxylic acids is 1. The highest BCUT2D eigenvalue weighted by molar-refractivity contribution is 9.10. The quantitative estimate of drug-likeness (QED) is 0.912. The molecular formula is C10H9BrClNO3. The largest absolute Gasteiger partial charge is 0.481 e. The summed E-state index contributed by atoms with van der Waals surface area (Å²) in [6, 6.07) is 1.23. The van der Waals surface area contributed by atoms with E-state index in [0.717, 1.165) is 0 Å². The van der Waals surface area contributed by atoms with Crippen LogP contribution in [0.2, 0.25) is 5.02 Å².